The number of piperidine rings is 1. The zero-order valence-corrected chi connectivity index (χ0v) is 19.2. The highest BCUT2D eigenvalue weighted by Crippen LogP contribution is 2.27. The lowest BCUT2D eigenvalue weighted by Gasteiger charge is -2.31. The van der Waals surface area contributed by atoms with E-state index in [1.165, 1.54) is 10.4 Å². The van der Waals surface area contributed by atoms with Crippen molar-refractivity contribution in [2.45, 2.75) is 18.6 Å². The Hall–Kier alpha value is -2.06. The lowest BCUT2D eigenvalue weighted by molar-refractivity contribution is -0.120. The Morgan fingerprint density at radius 1 is 1.23 bits per heavy atom. The van der Waals surface area contributed by atoms with Crippen molar-refractivity contribution >= 4 is 44.8 Å². The van der Waals surface area contributed by atoms with E-state index in [2.05, 4.69) is 11.9 Å². The maximum absolute atomic E-state index is 12.9. The summed E-state index contributed by atoms with van der Waals surface area (Å²) < 4.78 is 32.6. The second-order valence-electron chi connectivity index (χ2n) is 7.30. The molecule has 1 atom stereocenters. The van der Waals surface area contributed by atoms with Gasteiger partial charge in [-0.25, -0.2) is 12.7 Å². The molecule has 0 saturated carbocycles. The zero-order chi connectivity index (χ0) is 22.4. The van der Waals surface area contributed by atoms with Gasteiger partial charge in [0.15, 0.2) is 0 Å². The number of anilines is 1. The number of nitrogens with zero attached hydrogens (tertiary/aromatic N) is 1. The third kappa shape index (κ3) is 6.46. The fourth-order valence-electron chi connectivity index (χ4n) is 3.37. The van der Waals surface area contributed by atoms with Gasteiger partial charge in [0.1, 0.15) is 12.4 Å². The molecule has 1 heterocycles. The number of carbonyl (C=O) groups is 1. The first-order chi connectivity index (χ1) is 14.8. The molecule has 0 radical (unpaired) electrons. The highest BCUT2D eigenvalue weighted by molar-refractivity contribution is 7.88. The number of ether oxygens (including phenoxy) is 1. The standard InChI is InChI=1S/C22H24Cl2N2O4S/c1-2-12-30-20-9-7-19(8-10-20)25-22(27)16-4-3-11-26(14-16)31(28,29)15-17-5-6-18(23)13-21(17)24/h2,5-10,13,16H,1,3-4,11-12,14-15H2,(H,25,27). The van der Waals surface area contributed by atoms with E-state index in [0.29, 0.717) is 53.0 Å². The fraction of sp³-hybridized carbons (Fsp3) is 0.318. The Balaban J connectivity index is 1.62. The highest BCUT2D eigenvalue weighted by atomic mass is 35.5. The molecule has 0 aliphatic carbocycles. The summed E-state index contributed by atoms with van der Waals surface area (Å²) in [5, 5.41) is 3.61. The van der Waals surface area contributed by atoms with E-state index in [1.54, 1.807) is 42.5 Å². The van der Waals surface area contributed by atoms with Gasteiger partial charge in [-0.1, -0.05) is 41.9 Å². The van der Waals surface area contributed by atoms with Gasteiger partial charge < -0.3 is 10.1 Å². The largest absolute Gasteiger partial charge is 0.490 e. The molecule has 1 unspecified atom stereocenters. The third-order valence-corrected chi connectivity index (χ3v) is 7.37. The van der Waals surface area contributed by atoms with Crippen molar-refractivity contribution in [1.29, 1.82) is 0 Å². The summed E-state index contributed by atoms with van der Waals surface area (Å²) in [5.41, 5.74) is 1.11. The molecule has 1 aliphatic rings. The monoisotopic (exact) mass is 482 g/mol. The minimum atomic E-state index is -3.62. The Bertz CT molecular complexity index is 1040. The zero-order valence-electron chi connectivity index (χ0n) is 16.9. The molecule has 0 bridgehead atoms. The summed E-state index contributed by atoms with van der Waals surface area (Å²) in [6.45, 7) is 4.52. The summed E-state index contributed by atoms with van der Waals surface area (Å²) >= 11 is 12.0. The van der Waals surface area contributed by atoms with Crippen molar-refractivity contribution in [3.8, 4) is 5.75 Å². The van der Waals surface area contributed by atoms with Gasteiger partial charge in [-0.3, -0.25) is 4.79 Å². The van der Waals surface area contributed by atoms with Crippen molar-refractivity contribution in [3.05, 3.63) is 70.7 Å². The van der Waals surface area contributed by atoms with Crippen LogP contribution < -0.4 is 10.1 Å². The predicted molar refractivity (Wildman–Crippen MR) is 124 cm³/mol. The lowest BCUT2D eigenvalue weighted by Crippen LogP contribution is -2.44. The van der Waals surface area contributed by atoms with Gasteiger partial charge in [-0.2, -0.15) is 0 Å². The average molecular weight is 483 g/mol. The molecule has 1 saturated heterocycles. The van der Waals surface area contributed by atoms with E-state index in [4.69, 9.17) is 27.9 Å². The number of carbonyl (C=O) groups excluding carboxylic acids is 1. The fourth-order valence-corrected chi connectivity index (χ4v) is 5.57. The number of amides is 1. The van der Waals surface area contributed by atoms with Crippen LogP contribution in [0.2, 0.25) is 10.0 Å². The summed E-state index contributed by atoms with van der Waals surface area (Å²) in [6, 6.07) is 11.7. The second kappa shape index (κ2) is 10.5. The SMILES string of the molecule is C=CCOc1ccc(NC(=O)C2CCCN(S(=O)(=O)Cc3ccc(Cl)cc3Cl)C2)cc1. The van der Waals surface area contributed by atoms with E-state index in [9.17, 15) is 13.2 Å². The van der Waals surface area contributed by atoms with Gasteiger partial charge in [-0.05, 0) is 54.8 Å². The number of sulfonamides is 1. The van der Waals surface area contributed by atoms with Crippen molar-refractivity contribution in [1.82, 2.24) is 4.31 Å². The first kappa shape index (κ1) is 23.6. The van der Waals surface area contributed by atoms with Gasteiger partial charge in [-0.15, -0.1) is 0 Å². The molecule has 1 N–H and O–H groups in total. The highest BCUT2D eigenvalue weighted by Gasteiger charge is 2.32. The molecule has 3 rings (SSSR count). The van der Waals surface area contributed by atoms with E-state index >= 15 is 0 Å². The number of hydrogen-bond donors (Lipinski definition) is 1. The normalized spacial score (nSPS) is 17.2. The van der Waals surface area contributed by atoms with Gasteiger partial charge in [0.2, 0.25) is 15.9 Å². The summed E-state index contributed by atoms with van der Waals surface area (Å²) in [7, 11) is -3.62. The first-order valence-corrected chi connectivity index (χ1v) is 12.2. The minimum absolute atomic E-state index is 0.139. The Labute approximate surface area is 192 Å². The minimum Gasteiger partial charge on any atom is -0.490 e. The number of nitrogens with one attached hydrogen (secondary N) is 1. The molecule has 1 amide bonds. The molecule has 2 aromatic carbocycles. The van der Waals surface area contributed by atoms with Gasteiger partial charge in [0.25, 0.3) is 0 Å². The molecule has 0 spiro atoms. The van der Waals surface area contributed by atoms with Crippen LogP contribution in [0.25, 0.3) is 0 Å². The summed E-state index contributed by atoms with van der Waals surface area (Å²) in [4.78, 5) is 12.7. The van der Waals surface area contributed by atoms with Crippen molar-refractivity contribution in [3.63, 3.8) is 0 Å². The van der Waals surface area contributed by atoms with E-state index in [-0.39, 0.29) is 18.2 Å². The van der Waals surface area contributed by atoms with Crippen molar-refractivity contribution < 1.29 is 17.9 Å². The quantitative estimate of drug-likeness (QED) is 0.551. The molecule has 1 fully saturated rings. The molecule has 6 nitrogen and oxygen atoms in total. The van der Waals surface area contributed by atoms with E-state index < -0.39 is 15.9 Å². The molecular formula is C22H24Cl2N2O4S. The number of hydrogen-bond acceptors (Lipinski definition) is 4. The number of benzene rings is 2. The lowest BCUT2D eigenvalue weighted by atomic mass is 9.99. The van der Waals surface area contributed by atoms with Crippen LogP contribution in [-0.2, 0) is 20.6 Å². The third-order valence-electron chi connectivity index (χ3n) is 4.99. The molecular weight excluding hydrogens is 459 g/mol. The molecule has 166 valence electrons. The van der Waals surface area contributed by atoms with Crippen LogP contribution in [0.15, 0.2) is 55.1 Å². The second-order valence-corrected chi connectivity index (χ2v) is 10.1. The van der Waals surface area contributed by atoms with Crippen LogP contribution in [0.1, 0.15) is 18.4 Å². The molecule has 31 heavy (non-hydrogen) atoms. The van der Waals surface area contributed by atoms with Crippen LogP contribution in [0.4, 0.5) is 5.69 Å². The van der Waals surface area contributed by atoms with E-state index in [1.807, 2.05) is 0 Å². The number of halogens is 2. The average Bonchev–Trinajstić information content (AvgIpc) is 2.75. The molecule has 9 heteroatoms. The summed E-state index contributed by atoms with van der Waals surface area (Å²) in [5.74, 6) is -0.192. The van der Waals surface area contributed by atoms with Crippen molar-refractivity contribution in [2.24, 2.45) is 5.92 Å². The van der Waals surface area contributed by atoms with E-state index in [0.717, 1.165) is 0 Å². The molecule has 1 aliphatic heterocycles. The summed E-state index contributed by atoms with van der Waals surface area (Å²) in [6.07, 6.45) is 2.89. The smallest absolute Gasteiger partial charge is 0.228 e. The maximum Gasteiger partial charge on any atom is 0.228 e. The maximum atomic E-state index is 12.9. The molecule has 2 aromatic rings. The van der Waals surface area contributed by atoms with Crippen LogP contribution in [-0.4, -0.2) is 38.3 Å². The Morgan fingerprint density at radius 2 is 1.97 bits per heavy atom. The Morgan fingerprint density at radius 3 is 2.65 bits per heavy atom. The van der Waals surface area contributed by atoms with Crippen LogP contribution in [0.3, 0.4) is 0 Å². The number of rotatable bonds is 8. The topological polar surface area (TPSA) is 75.7 Å². The van der Waals surface area contributed by atoms with Gasteiger partial charge in [0, 0.05) is 28.8 Å². The van der Waals surface area contributed by atoms with Gasteiger partial charge >= 0.3 is 0 Å². The predicted octanol–water partition coefficient (Wildman–Crippen LogP) is 4.74. The molecule has 0 aromatic heterocycles. The first-order valence-electron chi connectivity index (χ1n) is 9.85. The van der Waals surface area contributed by atoms with Crippen LogP contribution >= 0.6 is 23.2 Å². The van der Waals surface area contributed by atoms with Crippen molar-refractivity contribution in [2.75, 3.05) is 25.0 Å². The van der Waals surface area contributed by atoms with Crippen LogP contribution in [0.5, 0.6) is 5.75 Å². The van der Waals surface area contributed by atoms with Gasteiger partial charge in [0.05, 0.1) is 11.7 Å². The van der Waals surface area contributed by atoms with Crippen LogP contribution in [0, 0.1) is 5.92 Å². The Kier molecular flexibility index (Phi) is 8.00.